The van der Waals surface area contributed by atoms with Crippen molar-refractivity contribution in [3.63, 3.8) is 0 Å². The van der Waals surface area contributed by atoms with Crippen molar-refractivity contribution >= 4 is 10.8 Å². The maximum atomic E-state index is 12.8. The molecule has 0 fully saturated rings. The van der Waals surface area contributed by atoms with Crippen LogP contribution in [0.4, 0.5) is 4.39 Å². The molecule has 19 heavy (non-hydrogen) atoms. The van der Waals surface area contributed by atoms with Crippen LogP contribution in [0.2, 0.25) is 0 Å². The summed E-state index contributed by atoms with van der Waals surface area (Å²) in [6, 6.07) is 6.87. The second-order valence-electron chi connectivity index (χ2n) is 5.85. The molecule has 1 aromatic rings. The minimum atomic E-state index is -0.815. The average molecular weight is 285 g/mol. The van der Waals surface area contributed by atoms with Crippen LogP contribution in [-0.4, -0.2) is 27.3 Å². The highest BCUT2D eigenvalue weighted by Gasteiger charge is 2.18. The van der Waals surface area contributed by atoms with Gasteiger partial charge in [-0.2, -0.15) is 0 Å². The largest absolute Gasteiger partial charge is 0.313 e. The Bertz CT molecular complexity index is 411. The fourth-order valence-electron chi connectivity index (χ4n) is 1.75. The summed E-state index contributed by atoms with van der Waals surface area (Å²) in [7, 11) is -0.815. The first kappa shape index (κ1) is 16.3. The van der Waals surface area contributed by atoms with Crippen LogP contribution in [0, 0.1) is 5.82 Å². The summed E-state index contributed by atoms with van der Waals surface area (Å²) in [6.45, 7) is 8.80. The highest BCUT2D eigenvalue weighted by atomic mass is 32.2. The first-order valence-electron chi connectivity index (χ1n) is 6.65. The zero-order chi connectivity index (χ0) is 14.5. The lowest BCUT2D eigenvalue weighted by molar-refractivity contribution is 0.561. The molecule has 1 N–H and O–H groups in total. The van der Waals surface area contributed by atoms with E-state index in [0.717, 1.165) is 18.5 Å². The fourth-order valence-corrected chi connectivity index (χ4v) is 2.67. The summed E-state index contributed by atoms with van der Waals surface area (Å²) in [6.07, 6.45) is 0.850. The van der Waals surface area contributed by atoms with Crippen molar-refractivity contribution < 1.29 is 8.60 Å². The van der Waals surface area contributed by atoms with E-state index in [2.05, 4.69) is 12.2 Å². The number of halogens is 1. The Morgan fingerprint density at radius 1 is 1.26 bits per heavy atom. The third-order valence-corrected chi connectivity index (χ3v) is 4.86. The topological polar surface area (TPSA) is 29.1 Å². The molecule has 0 aliphatic carbocycles. The molecule has 1 aromatic carbocycles. The van der Waals surface area contributed by atoms with E-state index in [-0.39, 0.29) is 10.6 Å². The number of nitrogens with one attached hydrogen (secondary N) is 1. The van der Waals surface area contributed by atoms with Crippen LogP contribution in [0.5, 0.6) is 0 Å². The van der Waals surface area contributed by atoms with Gasteiger partial charge in [0.1, 0.15) is 5.82 Å². The van der Waals surface area contributed by atoms with Crippen LogP contribution in [0.25, 0.3) is 0 Å². The third kappa shape index (κ3) is 6.30. The van der Waals surface area contributed by atoms with E-state index in [4.69, 9.17) is 0 Å². The molecular formula is C15H24FNOS. The van der Waals surface area contributed by atoms with Crippen molar-refractivity contribution in [3.05, 3.63) is 35.6 Å². The van der Waals surface area contributed by atoms with Crippen LogP contribution in [0.15, 0.2) is 24.3 Å². The van der Waals surface area contributed by atoms with Crippen LogP contribution in [0.3, 0.4) is 0 Å². The van der Waals surface area contributed by atoms with Crippen molar-refractivity contribution in [2.45, 2.75) is 44.9 Å². The van der Waals surface area contributed by atoms with Gasteiger partial charge in [0.15, 0.2) is 0 Å². The molecule has 2 nitrogen and oxygen atoms in total. The Morgan fingerprint density at radius 2 is 1.84 bits per heavy atom. The van der Waals surface area contributed by atoms with Crippen LogP contribution in [0.1, 0.15) is 33.3 Å². The average Bonchev–Trinajstić information content (AvgIpc) is 2.31. The number of hydrogen-bond donors (Lipinski definition) is 1. The Labute approximate surface area is 118 Å². The summed E-state index contributed by atoms with van der Waals surface area (Å²) in [5, 5.41) is 3.36. The molecule has 4 heteroatoms. The summed E-state index contributed by atoms with van der Waals surface area (Å²) in [4.78, 5) is 0. The van der Waals surface area contributed by atoms with Gasteiger partial charge < -0.3 is 5.32 Å². The third-order valence-electron chi connectivity index (χ3n) is 2.92. The summed E-state index contributed by atoms with van der Waals surface area (Å²) in [5.74, 6) is 0.460. The lowest BCUT2D eigenvalue weighted by atomic mass is 10.1. The lowest BCUT2D eigenvalue weighted by Crippen LogP contribution is -2.34. The molecule has 0 amide bonds. The smallest absolute Gasteiger partial charge is 0.123 e. The molecule has 0 saturated heterocycles. The Hall–Kier alpha value is -0.740. The molecule has 0 bridgehead atoms. The van der Waals surface area contributed by atoms with Crippen LogP contribution < -0.4 is 5.32 Å². The number of benzene rings is 1. The predicted molar refractivity (Wildman–Crippen MR) is 80.3 cm³/mol. The highest BCUT2D eigenvalue weighted by Crippen LogP contribution is 2.10. The molecule has 0 aliphatic rings. The summed E-state index contributed by atoms with van der Waals surface area (Å²) < 4.78 is 24.5. The molecule has 1 rings (SSSR count). The predicted octanol–water partition coefficient (Wildman–Crippen LogP) is 2.89. The van der Waals surface area contributed by atoms with Gasteiger partial charge in [0, 0.05) is 33.9 Å². The van der Waals surface area contributed by atoms with Gasteiger partial charge in [-0.05, 0) is 51.8 Å². The van der Waals surface area contributed by atoms with Crippen LogP contribution >= 0.6 is 0 Å². The maximum absolute atomic E-state index is 12.8. The monoisotopic (exact) mass is 285 g/mol. The molecule has 0 radical (unpaired) electrons. The molecule has 0 saturated carbocycles. The number of hydrogen-bond acceptors (Lipinski definition) is 2. The molecular weight excluding hydrogens is 261 g/mol. The Balaban J connectivity index is 2.30. The molecule has 0 aliphatic heterocycles. The quantitative estimate of drug-likeness (QED) is 0.871. The molecule has 0 spiro atoms. The lowest BCUT2D eigenvalue weighted by Gasteiger charge is -2.19. The van der Waals surface area contributed by atoms with E-state index in [0.29, 0.717) is 11.8 Å². The molecule has 0 aromatic heterocycles. The normalized spacial score (nSPS) is 15.2. The standard InChI is InChI=1S/C15H24FNOS/c1-12(11-13-5-7-14(16)8-6-13)17-9-10-19(18)15(2,3)4/h5-8,12,17H,9-11H2,1-4H3/t12-,19+/m0/s1. The molecule has 0 unspecified atom stereocenters. The van der Waals surface area contributed by atoms with Crippen molar-refractivity contribution in [3.8, 4) is 0 Å². The van der Waals surface area contributed by atoms with E-state index < -0.39 is 10.8 Å². The summed E-state index contributed by atoms with van der Waals surface area (Å²) >= 11 is 0. The first-order chi connectivity index (χ1) is 8.79. The zero-order valence-corrected chi connectivity index (χ0v) is 13.0. The Kier molecular flexibility index (Phi) is 6.14. The highest BCUT2D eigenvalue weighted by molar-refractivity contribution is 7.86. The molecule has 2 atom stereocenters. The second kappa shape index (κ2) is 7.15. The minimum Gasteiger partial charge on any atom is -0.313 e. The van der Waals surface area contributed by atoms with Gasteiger partial charge in [-0.1, -0.05) is 12.1 Å². The van der Waals surface area contributed by atoms with Gasteiger partial charge >= 0.3 is 0 Å². The van der Waals surface area contributed by atoms with Gasteiger partial charge in [0.2, 0.25) is 0 Å². The summed E-state index contributed by atoms with van der Waals surface area (Å²) in [5.41, 5.74) is 1.11. The molecule has 0 heterocycles. The van der Waals surface area contributed by atoms with Crippen molar-refractivity contribution in [2.75, 3.05) is 12.3 Å². The van der Waals surface area contributed by atoms with E-state index >= 15 is 0 Å². The van der Waals surface area contributed by atoms with Crippen molar-refractivity contribution in [2.24, 2.45) is 0 Å². The van der Waals surface area contributed by atoms with Crippen LogP contribution in [-0.2, 0) is 17.2 Å². The van der Waals surface area contributed by atoms with Gasteiger partial charge in [0.25, 0.3) is 0 Å². The maximum Gasteiger partial charge on any atom is 0.123 e. The fraction of sp³-hybridized carbons (Fsp3) is 0.600. The Morgan fingerprint density at radius 3 is 2.37 bits per heavy atom. The zero-order valence-electron chi connectivity index (χ0n) is 12.2. The second-order valence-corrected chi connectivity index (χ2v) is 8.17. The molecule has 108 valence electrons. The van der Waals surface area contributed by atoms with E-state index in [1.807, 2.05) is 20.8 Å². The SMILES string of the molecule is C[C@@H](Cc1ccc(F)cc1)NCC[S@@](=O)C(C)(C)C. The van der Waals surface area contributed by atoms with E-state index in [9.17, 15) is 8.60 Å². The van der Waals surface area contributed by atoms with Gasteiger partial charge in [-0.25, -0.2) is 4.39 Å². The van der Waals surface area contributed by atoms with Gasteiger partial charge in [0.05, 0.1) is 0 Å². The number of rotatable bonds is 6. The van der Waals surface area contributed by atoms with Crippen molar-refractivity contribution in [1.29, 1.82) is 0 Å². The van der Waals surface area contributed by atoms with Gasteiger partial charge in [-0.3, -0.25) is 4.21 Å². The minimum absolute atomic E-state index is 0.151. The van der Waals surface area contributed by atoms with Crippen molar-refractivity contribution in [1.82, 2.24) is 5.32 Å². The van der Waals surface area contributed by atoms with E-state index in [1.54, 1.807) is 12.1 Å². The van der Waals surface area contributed by atoms with E-state index in [1.165, 1.54) is 12.1 Å². The first-order valence-corrected chi connectivity index (χ1v) is 7.97. The van der Waals surface area contributed by atoms with Gasteiger partial charge in [-0.15, -0.1) is 0 Å².